The van der Waals surface area contributed by atoms with Gasteiger partial charge in [-0.2, -0.15) is 0 Å². The van der Waals surface area contributed by atoms with E-state index in [1.807, 2.05) is 30.3 Å². The molecule has 0 saturated heterocycles. The number of carbonyl (C=O) groups is 1. The van der Waals surface area contributed by atoms with Crippen LogP contribution in [-0.2, 0) is 0 Å². The van der Waals surface area contributed by atoms with Crippen molar-refractivity contribution in [2.24, 2.45) is 0 Å². The van der Waals surface area contributed by atoms with Gasteiger partial charge in [-0.15, -0.1) is 0 Å². The Balaban J connectivity index is 2.05. The van der Waals surface area contributed by atoms with Gasteiger partial charge in [0.05, 0.1) is 6.26 Å². The molecular weight excluding hydrogens is 204 g/mol. The van der Waals surface area contributed by atoms with Crippen LogP contribution in [-0.4, -0.2) is 13.1 Å². The van der Waals surface area contributed by atoms with Crippen molar-refractivity contribution in [3.8, 4) is 0 Å². The van der Waals surface area contributed by atoms with Crippen LogP contribution in [0.15, 0.2) is 53.1 Å². The molecule has 0 atom stereocenters. The number of hydrogen-bond acceptors (Lipinski definition) is 2. The zero-order valence-electron chi connectivity index (χ0n) is 8.88. The third-order valence-electron chi connectivity index (χ3n) is 2.20. The van der Waals surface area contributed by atoms with Crippen LogP contribution in [0.5, 0.6) is 0 Å². The molecule has 0 unspecified atom stereocenters. The monoisotopic (exact) mass is 216 g/mol. The number of carbonyl (C=O) groups excluding carboxylic acids is 1. The van der Waals surface area contributed by atoms with E-state index in [2.05, 4.69) is 5.32 Å². The van der Waals surface area contributed by atoms with Crippen LogP contribution in [0.1, 0.15) is 0 Å². The highest BCUT2D eigenvalue weighted by Gasteiger charge is 2.11. The maximum absolute atomic E-state index is 11.8. The molecule has 0 saturated carbocycles. The number of nitrogens with zero attached hydrogens (tertiary/aromatic N) is 1. The van der Waals surface area contributed by atoms with Gasteiger partial charge in [0, 0.05) is 18.8 Å². The Bertz CT molecular complexity index is 451. The molecule has 4 nitrogen and oxygen atoms in total. The number of amides is 2. The minimum absolute atomic E-state index is 0.235. The fourth-order valence-electron chi connectivity index (χ4n) is 1.31. The van der Waals surface area contributed by atoms with Gasteiger partial charge in [0.1, 0.15) is 0 Å². The van der Waals surface area contributed by atoms with E-state index in [1.54, 1.807) is 19.2 Å². The lowest BCUT2D eigenvalue weighted by molar-refractivity contribution is 0.257. The van der Waals surface area contributed by atoms with E-state index < -0.39 is 0 Å². The van der Waals surface area contributed by atoms with Crippen molar-refractivity contribution in [3.05, 3.63) is 48.7 Å². The summed E-state index contributed by atoms with van der Waals surface area (Å²) in [6, 6.07) is 12.6. The van der Waals surface area contributed by atoms with E-state index in [-0.39, 0.29) is 6.03 Å². The molecule has 0 fully saturated rings. The number of urea groups is 1. The standard InChI is InChI=1S/C12H12N2O2/c1-14(10-6-3-2-4-7-10)12(15)13-11-8-5-9-16-11/h2-9H,1H3,(H,13,15). The smallest absolute Gasteiger partial charge is 0.328 e. The molecule has 1 aromatic carbocycles. The summed E-state index contributed by atoms with van der Waals surface area (Å²) in [7, 11) is 1.70. The van der Waals surface area contributed by atoms with Gasteiger partial charge >= 0.3 is 6.03 Å². The second-order valence-corrected chi connectivity index (χ2v) is 3.30. The molecule has 2 aromatic rings. The maximum Gasteiger partial charge on any atom is 0.328 e. The predicted molar refractivity (Wildman–Crippen MR) is 62.6 cm³/mol. The molecule has 0 radical (unpaired) electrons. The number of furan rings is 1. The van der Waals surface area contributed by atoms with E-state index in [9.17, 15) is 4.79 Å². The maximum atomic E-state index is 11.8. The van der Waals surface area contributed by atoms with Crippen molar-refractivity contribution in [1.82, 2.24) is 0 Å². The Kier molecular flexibility index (Phi) is 2.91. The van der Waals surface area contributed by atoms with Gasteiger partial charge in [-0.1, -0.05) is 18.2 Å². The summed E-state index contributed by atoms with van der Waals surface area (Å²) in [5, 5.41) is 2.64. The summed E-state index contributed by atoms with van der Waals surface area (Å²) in [6.45, 7) is 0. The zero-order chi connectivity index (χ0) is 11.4. The number of nitrogens with one attached hydrogen (secondary N) is 1. The van der Waals surface area contributed by atoms with Crippen LogP contribution in [0.3, 0.4) is 0 Å². The van der Waals surface area contributed by atoms with Crippen LogP contribution in [0.25, 0.3) is 0 Å². The Labute approximate surface area is 93.5 Å². The highest BCUT2D eigenvalue weighted by Crippen LogP contribution is 2.13. The molecule has 2 rings (SSSR count). The summed E-state index contributed by atoms with van der Waals surface area (Å²) in [5.41, 5.74) is 0.826. The molecule has 0 aliphatic rings. The molecule has 0 bridgehead atoms. The zero-order valence-corrected chi connectivity index (χ0v) is 8.88. The summed E-state index contributed by atoms with van der Waals surface area (Å²) >= 11 is 0. The van der Waals surface area contributed by atoms with Gasteiger partial charge in [0.15, 0.2) is 0 Å². The van der Waals surface area contributed by atoms with Crippen molar-refractivity contribution in [1.29, 1.82) is 0 Å². The molecule has 0 aliphatic carbocycles. The molecule has 2 amide bonds. The van der Waals surface area contributed by atoms with Crippen molar-refractivity contribution < 1.29 is 9.21 Å². The van der Waals surface area contributed by atoms with E-state index in [0.29, 0.717) is 5.88 Å². The van der Waals surface area contributed by atoms with Crippen LogP contribution in [0.2, 0.25) is 0 Å². The van der Waals surface area contributed by atoms with Crippen molar-refractivity contribution in [2.45, 2.75) is 0 Å². The highest BCUT2D eigenvalue weighted by atomic mass is 16.3. The van der Waals surface area contributed by atoms with Gasteiger partial charge in [0.25, 0.3) is 0 Å². The molecular formula is C12H12N2O2. The summed E-state index contributed by atoms with van der Waals surface area (Å²) in [5.74, 6) is 0.438. The summed E-state index contributed by atoms with van der Waals surface area (Å²) < 4.78 is 5.03. The van der Waals surface area contributed by atoms with Gasteiger partial charge in [-0.25, -0.2) is 4.79 Å². The first-order chi connectivity index (χ1) is 7.77. The van der Waals surface area contributed by atoms with Gasteiger partial charge in [-0.05, 0) is 18.2 Å². The Morgan fingerprint density at radius 3 is 2.56 bits per heavy atom. The van der Waals surface area contributed by atoms with Gasteiger partial charge in [-0.3, -0.25) is 10.2 Å². The largest absolute Gasteiger partial charge is 0.449 e. The Morgan fingerprint density at radius 2 is 1.94 bits per heavy atom. The molecule has 1 heterocycles. The van der Waals surface area contributed by atoms with Gasteiger partial charge < -0.3 is 4.42 Å². The molecule has 0 spiro atoms. The Hall–Kier alpha value is -2.23. The molecule has 4 heteroatoms. The van der Waals surface area contributed by atoms with E-state index in [0.717, 1.165) is 5.69 Å². The molecule has 1 N–H and O–H groups in total. The van der Waals surface area contributed by atoms with Crippen LogP contribution in [0.4, 0.5) is 16.4 Å². The number of rotatable bonds is 2. The first kappa shape index (κ1) is 10.3. The van der Waals surface area contributed by atoms with E-state index in [4.69, 9.17) is 4.42 Å². The SMILES string of the molecule is CN(C(=O)Nc1ccco1)c1ccccc1. The molecule has 1 aromatic heterocycles. The van der Waals surface area contributed by atoms with Crippen LogP contribution < -0.4 is 10.2 Å². The minimum atomic E-state index is -0.235. The fourth-order valence-corrected chi connectivity index (χ4v) is 1.31. The lowest BCUT2D eigenvalue weighted by Gasteiger charge is -2.16. The lowest BCUT2D eigenvalue weighted by Crippen LogP contribution is -2.30. The van der Waals surface area contributed by atoms with E-state index in [1.165, 1.54) is 11.2 Å². The first-order valence-electron chi connectivity index (χ1n) is 4.90. The third-order valence-corrected chi connectivity index (χ3v) is 2.20. The third kappa shape index (κ3) is 2.23. The number of benzene rings is 1. The van der Waals surface area contributed by atoms with Crippen LogP contribution >= 0.6 is 0 Å². The summed E-state index contributed by atoms with van der Waals surface area (Å²) in [4.78, 5) is 13.3. The van der Waals surface area contributed by atoms with Crippen molar-refractivity contribution in [3.63, 3.8) is 0 Å². The predicted octanol–water partition coefficient (Wildman–Crippen LogP) is 2.95. The highest BCUT2D eigenvalue weighted by molar-refractivity contribution is 6.00. The average Bonchev–Trinajstić information content (AvgIpc) is 2.82. The number of para-hydroxylation sites is 1. The van der Waals surface area contributed by atoms with Crippen molar-refractivity contribution >= 4 is 17.6 Å². The molecule has 16 heavy (non-hydrogen) atoms. The first-order valence-corrected chi connectivity index (χ1v) is 4.90. The van der Waals surface area contributed by atoms with Crippen molar-refractivity contribution in [2.75, 3.05) is 17.3 Å². The minimum Gasteiger partial charge on any atom is -0.449 e. The number of anilines is 2. The molecule has 82 valence electrons. The number of hydrogen-bond donors (Lipinski definition) is 1. The average molecular weight is 216 g/mol. The van der Waals surface area contributed by atoms with E-state index >= 15 is 0 Å². The molecule has 0 aliphatic heterocycles. The fraction of sp³-hybridized carbons (Fsp3) is 0.0833. The second-order valence-electron chi connectivity index (χ2n) is 3.30. The topological polar surface area (TPSA) is 45.5 Å². The van der Waals surface area contributed by atoms with Crippen LogP contribution in [0, 0.1) is 0 Å². The van der Waals surface area contributed by atoms with Gasteiger partial charge in [0.2, 0.25) is 5.88 Å². The second kappa shape index (κ2) is 4.53. The summed E-state index contributed by atoms with van der Waals surface area (Å²) in [6.07, 6.45) is 1.51. The normalized spacial score (nSPS) is 9.81. The Morgan fingerprint density at radius 1 is 1.19 bits per heavy atom. The quantitative estimate of drug-likeness (QED) is 0.838. The lowest BCUT2D eigenvalue weighted by atomic mass is 10.3.